The minimum Gasteiger partial charge on any atom is -0.396 e. The summed E-state index contributed by atoms with van der Waals surface area (Å²) in [5.41, 5.74) is 6.65. The van der Waals surface area contributed by atoms with Gasteiger partial charge in [-0.15, -0.1) is 0 Å². The molecule has 1 aromatic rings. The van der Waals surface area contributed by atoms with Gasteiger partial charge in [-0.05, 0) is 31.6 Å². The third kappa shape index (κ3) is 2.66. The van der Waals surface area contributed by atoms with Crippen molar-refractivity contribution in [1.82, 2.24) is 15.1 Å². The lowest BCUT2D eigenvalue weighted by atomic mass is 9.84. The van der Waals surface area contributed by atoms with E-state index in [2.05, 4.69) is 17.3 Å². The molecular formula is C13H22N4O. The first-order valence-corrected chi connectivity index (χ1v) is 6.70. The Labute approximate surface area is 108 Å². The molecule has 0 aromatic carbocycles. The Kier molecular flexibility index (Phi) is 3.89. The molecule has 1 aliphatic rings. The fourth-order valence-electron chi connectivity index (χ4n) is 2.70. The summed E-state index contributed by atoms with van der Waals surface area (Å²) in [6.07, 6.45) is 7.33. The molecule has 0 unspecified atom stereocenters. The van der Waals surface area contributed by atoms with Crippen molar-refractivity contribution in [2.75, 3.05) is 5.73 Å². The van der Waals surface area contributed by atoms with Crippen molar-refractivity contribution in [2.45, 2.75) is 45.1 Å². The van der Waals surface area contributed by atoms with E-state index in [1.165, 1.54) is 30.1 Å². The van der Waals surface area contributed by atoms with E-state index in [0.29, 0.717) is 11.4 Å². The van der Waals surface area contributed by atoms with Gasteiger partial charge < -0.3 is 11.1 Å². The van der Waals surface area contributed by atoms with E-state index in [-0.39, 0.29) is 11.9 Å². The molecule has 0 spiro atoms. The van der Waals surface area contributed by atoms with Crippen molar-refractivity contribution in [3.05, 3.63) is 11.9 Å². The SMILES string of the molecule is CCC1CCC(NC(=O)c2c(N)cnn2C)CC1. The molecule has 1 saturated carbocycles. The van der Waals surface area contributed by atoms with Crippen LogP contribution in [0, 0.1) is 5.92 Å². The monoisotopic (exact) mass is 250 g/mol. The summed E-state index contributed by atoms with van der Waals surface area (Å²) >= 11 is 0. The van der Waals surface area contributed by atoms with Crippen LogP contribution in [0.4, 0.5) is 5.69 Å². The van der Waals surface area contributed by atoms with E-state index in [1.54, 1.807) is 7.05 Å². The Morgan fingerprint density at radius 2 is 2.17 bits per heavy atom. The first kappa shape index (κ1) is 12.9. The predicted molar refractivity (Wildman–Crippen MR) is 71.1 cm³/mol. The number of carbonyl (C=O) groups excluding carboxylic acids is 1. The van der Waals surface area contributed by atoms with E-state index in [9.17, 15) is 4.79 Å². The molecule has 1 aromatic heterocycles. The van der Waals surface area contributed by atoms with Crippen LogP contribution < -0.4 is 11.1 Å². The number of nitrogens with zero attached hydrogens (tertiary/aromatic N) is 2. The highest BCUT2D eigenvalue weighted by Crippen LogP contribution is 2.26. The molecule has 1 heterocycles. The second-order valence-electron chi connectivity index (χ2n) is 5.17. The lowest BCUT2D eigenvalue weighted by Crippen LogP contribution is -2.38. The molecule has 1 fully saturated rings. The fourth-order valence-corrected chi connectivity index (χ4v) is 2.70. The molecule has 0 saturated heterocycles. The van der Waals surface area contributed by atoms with Crippen molar-refractivity contribution in [3.8, 4) is 0 Å². The Morgan fingerprint density at radius 1 is 1.50 bits per heavy atom. The number of nitrogens with two attached hydrogens (primary N) is 1. The fraction of sp³-hybridized carbons (Fsp3) is 0.692. The van der Waals surface area contributed by atoms with Crippen LogP contribution in [0.15, 0.2) is 6.20 Å². The van der Waals surface area contributed by atoms with Gasteiger partial charge in [0.15, 0.2) is 0 Å². The van der Waals surface area contributed by atoms with Gasteiger partial charge in [-0.1, -0.05) is 13.3 Å². The third-order valence-corrected chi connectivity index (χ3v) is 3.94. The molecular weight excluding hydrogens is 228 g/mol. The number of carbonyl (C=O) groups is 1. The molecule has 18 heavy (non-hydrogen) atoms. The van der Waals surface area contributed by atoms with Gasteiger partial charge in [-0.3, -0.25) is 9.48 Å². The van der Waals surface area contributed by atoms with Gasteiger partial charge in [-0.2, -0.15) is 5.10 Å². The lowest BCUT2D eigenvalue weighted by molar-refractivity contribution is 0.0913. The van der Waals surface area contributed by atoms with Gasteiger partial charge >= 0.3 is 0 Å². The number of nitrogen functional groups attached to an aromatic ring is 1. The summed E-state index contributed by atoms with van der Waals surface area (Å²) in [6.45, 7) is 2.24. The van der Waals surface area contributed by atoms with E-state index in [4.69, 9.17) is 5.73 Å². The lowest BCUT2D eigenvalue weighted by Gasteiger charge is -2.28. The highest BCUT2D eigenvalue weighted by atomic mass is 16.2. The minimum atomic E-state index is -0.104. The Hall–Kier alpha value is -1.52. The van der Waals surface area contributed by atoms with Crippen molar-refractivity contribution in [2.24, 2.45) is 13.0 Å². The average Bonchev–Trinajstić information content (AvgIpc) is 2.70. The number of amides is 1. The second kappa shape index (κ2) is 5.42. The maximum atomic E-state index is 12.1. The number of anilines is 1. The Balaban J connectivity index is 1.93. The summed E-state index contributed by atoms with van der Waals surface area (Å²) in [6, 6.07) is 0.287. The minimum absolute atomic E-state index is 0.104. The van der Waals surface area contributed by atoms with Crippen LogP contribution in [-0.2, 0) is 7.05 Å². The van der Waals surface area contributed by atoms with Crippen LogP contribution in [-0.4, -0.2) is 21.7 Å². The Morgan fingerprint density at radius 3 is 2.67 bits per heavy atom. The number of hydrogen-bond acceptors (Lipinski definition) is 3. The summed E-state index contributed by atoms with van der Waals surface area (Å²) in [4.78, 5) is 12.1. The standard InChI is InChI=1S/C13H22N4O/c1-3-9-4-6-10(7-5-9)16-13(18)12-11(14)8-15-17(12)2/h8-10H,3-7,14H2,1-2H3,(H,16,18). The zero-order valence-corrected chi connectivity index (χ0v) is 11.1. The van der Waals surface area contributed by atoms with Crippen LogP contribution >= 0.6 is 0 Å². The molecule has 0 atom stereocenters. The highest BCUT2D eigenvalue weighted by molar-refractivity contribution is 5.97. The zero-order chi connectivity index (χ0) is 13.1. The van der Waals surface area contributed by atoms with Gasteiger partial charge in [0.1, 0.15) is 5.69 Å². The number of rotatable bonds is 3. The van der Waals surface area contributed by atoms with E-state index in [1.807, 2.05) is 0 Å². The van der Waals surface area contributed by atoms with Crippen LogP contribution in [0.3, 0.4) is 0 Å². The van der Waals surface area contributed by atoms with Crippen molar-refractivity contribution in [1.29, 1.82) is 0 Å². The Bertz CT molecular complexity index is 399. The van der Waals surface area contributed by atoms with Crippen LogP contribution in [0.25, 0.3) is 0 Å². The second-order valence-corrected chi connectivity index (χ2v) is 5.17. The normalized spacial score (nSPS) is 23.9. The number of aromatic nitrogens is 2. The smallest absolute Gasteiger partial charge is 0.271 e. The summed E-state index contributed by atoms with van der Waals surface area (Å²) in [7, 11) is 1.74. The van der Waals surface area contributed by atoms with E-state index >= 15 is 0 Å². The van der Waals surface area contributed by atoms with Crippen molar-refractivity contribution < 1.29 is 4.79 Å². The molecule has 3 N–H and O–H groups in total. The molecule has 1 aliphatic carbocycles. The third-order valence-electron chi connectivity index (χ3n) is 3.94. The van der Waals surface area contributed by atoms with E-state index in [0.717, 1.165) is 18.8 Å². The quantitative estimate of drug-likeness (QED) is 0.857. The van der Waals surface area contributed by atoms with Gasteiger partial charge in [-0.25, -0.2) is 0 Å². The summed E-state index contributed by atoms with van der Waals surface area (Å²) < 4.78 is 1.53. The topological polar surface area (TPSA) is 72.9 Å². The molecule has 0 bridgehead atoms. The van der Waals surface area contributed by atoms with Gasteiger partial charge in [0, 0.05) is 13.1 Å². The molecule has 5 nitrogen and oxygen atoms in total. The number of nitrogens with one attached hydrogen (secondary N) is 1. The van der Waals surface area contributed by atoms with Gasteiger partial charge in [0.25, 0.3) is 5.91 Å². The first-order chi connectivity index (χ1) is 8.61. The van der Waals surface area contributed by atoms with Crippen LogP contribution in [0.1, 0.15) is 49.5 Å². The first-order valence-electron chi connectivity index (χ1n) is 6.70. The van der Waals surface area contributed by atoms with Crippen molar-refractivity contribution >= 4 is 11.6 Å². The van der Waals surface area contributed by atoms with Crippen LogP contribution in [0.5, 0.6) is 0 Å². The largest absolute Gasteiger partial charge is 0.396 e. The highest BCUT2D eigenvalue weighted by Gasteiger charge is 2.23. The maximum absolute atomic E-state index is 12.1. The molecule has 0 aliphatic heterocycles. The predicted octanol–water partition coefficient (Wildman–Crippen LogP) is 1.70. The number of hydrogen-bond donors (Lipinski definition) is 2. The molecule has 5 heteroatoms. The maximum Gasteiger partial charge on any atom is 0.271 e. The molecule has 0 radical (unpaired) electrons. The van der Waals surface area contributed by atoms with E-state index < -0.39 is 0 Å². The summed E-state index contributed by atoms with van der Waals surface area (Å²) in [5.74, 6) is 0.729. The van der Waals surface area contributed by atoms with Gasteiger partial charge in [0.05, 0.1) is 11.9 Å². The number of aryl methyl sites for hydroxylation is 1. The van der Waals surface area contributed by atoms with Crippen molar-refractivity contribution in [3.63, 3.8) is 0 Å². The van der Waals surface area contributed by atoms with Crippen LogP contribution in [0.2, 0.25) is 0 Å². The molecule has 100 valence electrons. The van der Waals surface area contributed by atoms with Gasteiger partial charge in [0.2, 0.25) is 0 Å². The average molecular weight is 250 g/mol. The molecule has 1 amide bonds. The summed E-state index contributed by atoms with van der Waals surface area (Å²) in [5, 5.41) is 7.05. The zero-order valence-electron chi connectivity index (χ0n) is 11.1. The molecule has 2 rings (SSSR count).